The summed E-state index contributed by atoms with van der Waals surface area (Å²) in [5.41, 5.74) is 2.56. The highest BCUT2D eigenvalue weighted by Gasteiger charge is 2.23. The second kappa shape index (κ2) is 5.69. The number of carbonyl (C=O) groups is 1. The minimum absolute atomic E-state index is 0.0691. The van der Waals surface area contributed by atoms with E-state index in [1.165, 1.54) is 0 Å². The van der Waals surface area contributed by atoms with Crippen LogP contribution >= 0.6 is 11.6 Å². The number of hydrogen-bond acceptors (Lipinski definition) is 3. The van der Waals surface area contributed by atoms with E-state index < -0.39 is 0 Å². The maximum Gasteiger partial charge on any atom is 0.264 e. The van der Waals surface area contributed by atoms with E-state index in [9.17, 15) is 4.79 Å². The van der Waals surface area contributed by atoms with Gasteiger partial charge in [0.25, 0.3) is 5.91 Å². The predicted octanol–water partition coefficient (Wildman–Crippen LogP) is 3.55. The number of benzene rings is 2. The molecule has 24 heavy (non-hydrogen) atoms. The standard InChI is InChI=1S/C18H14ClN3O2/c1-21-15-10-14(5-6-16(15)24-11-17(21)23)22-8-7-20-18(22)12-3-2-4-13(19)9-12/h2-10H,11H2,1H3. The van der Waals surface area contributed by atoms with Crippen LogP contribution in [0, 0.1) is 0 Å². The number of halogens is 1. The fourth-order valence-corrected chi connectivity index (χ4v) is 2.95. The molecule has 1 amide bonds. The maximum absolute atomic E-state index is 11.8. The SMILES string of the molecule is CN1C(=O)COc2ccc(-n3ccnc3-c3cccc(Cl)c3)cc21. The number of imidazole rings is 1. The Morgan fingerprint density at radius 2 is 2.08 bits per heavy atom. The summed E-state index contributed by atoms with van der Waals surface area (Å²) in [6, 6.07) is 13.3. The normalized spacial score (nSPS) is 13.6. The van der Waals surface area contributed by atoms with Gasteiger partial charge < -0.3 is 9.64 Å². The Kier molecular flexibility index (Phi) is 3.50. The molecule has 0 bridgehead atoms. The van der Waals surface area contributed by atoms with Crippen molar-refractivity contribution in [2.24, 2.45) is 0 Å². The lowest BCUT2D eigenvalue weighted by Gasteiger charge is -2.26. The van der Waals surface area contributed by atoms with Crippen molar-refractivity contribution in [1.29, 1.82) is 0 Å². The van der Waals surface area contributed by atoms with Gasteiger partial charge in [0.1, 0.15) is 11.6 Å². The summed E-state index contributed by atoms with van der Waals surface area (Å²) in [5, 5.41) is 0.659. The number of aromatic nitrogens is 2. The molecule has 0 fully saturated rings. The molecule has 0 unspecified atom stereocenters. The molecule has 120 valence electrons. The molecule has 3 aromatic rings. The van der Waals surface area contributed by atoms with Gasteiger partial charge in [0.2, 0.25) is 0 Å². The Morgan fingerprint density at radius 1 is 1.21 bits per heavy atom. The summed E-state index contributed by atoms with van der Waals surface area (Å²) in [5.74, 6) is 1.41. The topological polar surface area (TPSA) is 47.4 Å². The maximum atomic E-state index is 11.8. The number of nitrogens with zero attached hydrogens (tertiary/aromatic N) is 3. The monoisotopic (exact) mass is 339 g/mol. The van der Waals surface area contributed by atoms with Crippen molar-refractivity contribution in [3.8, 4) is 22.8 Å². The number of amides is 1. The molecule has 0 spiro atoms. The summed E-state index contributed by atoms with van der Waals surface area (Å²) >= 11 is 6.09. The first-order valence-electron chi connectivity index (χ1n) is 7.46. The molecule has 0 N–H and O–H groups in total. The number of ether oxygens (including phenoxy) is 1. The second-order valence-corrected chi connectivity index (χ2v) is 5.96. The van der Waals surface area contributed by atoms with Crippen LogP contribution in [0.15, 0.2) is 54.9 Å². The van der Waals surface area contributed by atoms with Gasteiger partial charge in [0.05, 0.1) is 5.69 Å². The molecule has 5 nitrogen and oxygen atoms in total. The van der Waals surface area contributed by atoms with Gasteiger partial charge in [-0.25, -0.2) is 4.98 Å². The molecule has 0 radical (unpaired) electrons. The summed E-state index contributed by atoms with van der Waals surface area (Å²) in [4.78, 5) is 17.9. The van der Waals surface area contributed by atoms with E-state index in [0.29, 0.717) is 10.8 Å². The predicted molar refractivity (Wildman–Crippen MR) is 92.9 cm³/mol. The highest BCUT2D eigenvalue weighted by atomic mass is 35.5. The molecule has 0 atom stereocenters. The number of anilines is 1. The minimum Gasteiger partial charge on any atom is -0.482 e. The Hall–Kier alpha value is -2.79. The zero-order valence-electron chi connectivity index (χ0n) is 12.9. The number of carbonyl (C=O) groups excluding carboxylic acids is 1. The van der Waals surface area contributed by atoms with Crippen LogP contribution in [0.1, 0.15) is 0 Å². The molecule has 0 saturated carbocycles. The number of hydrogen-bond donors (Lipinski definition) is 0. The fourth-order valence-electron chi connectivity index (χ4n) is 2.76. The van der Waals surface area contributed by atoms with Crippen molar-refractivity contribution in [3.05, 3.63) is 59.9 Å². The highest BCUT2D eigenvalue weighted by Crippen LogP contribution is 2.34. The first-order chi connectivity index (χ1) is 11.6. The van der Waals surface area contributed by atoms with E-state index in [4.69, 9.17) is 16.3 Å². The molecule has 2 aromatic carbocycles. The van der Waals surface area contributed by atoms with Gasteiger partial charge in [-0.05, 0) is 30.3 Å². The van der Waals surface area contributed by atoms with E-state index in [1.54, 1.807) is 18.1 Å². The van der Waals surface area contributed by atoms with Crippen LogP contribution in [0.5, 0.6) is 5.75 Å². The molecule has 6 heteroatoms. The van der Waals surface area contributed by atoms with Gasteiger partial charge in [-0.3, -0.25) is 9.36 Å². The molecule has 4 rings (SSSR count). The molecule has 1 aliphatic heterocycles. The number of likely N-dealkylation sites (N-methyl/N-ethyl adjacent to an activating group) is 1. The largest absolute Gasteiger partial charge is 0.482 e. The van der Waals surface area contributed by atoms with Crippen molar-refractivity contribution in [1.82, 2.24) is 9.55 Å². The zero-order valence-corrected chi connectivity index (χ0v) is 13.7. The van der Waals surface area contributed by atoms with Crippen LogP contribution in [0.25, 0.3) is 17.1 Å². The molecule has 2 heterocycles. The molecule has 1 aliphatic rings. The van der Waals surface area contributed by atoms with E-state index in [-0.39, 0.29) is 12.5 Å². The Labute approximate surface area is 144 Å². The van der Waals surface area contributed by atoms with Crippen LogP contribution in [-0.4, -0.2) is 29.1 Å². The van der Waals surface area contributed by atoms with Crippen molar-refractivity contribution in [2.45, 2.75) is 0 Å². The van der Waals surface area contributed by atoms with Crippen LogP contribution in [-0.2, 0) is 4.79 Å². The van der Waals surface area contributed by atoms with Gasteiger partial charge in [-0.2, -0.15) is 0 Å². The van der Waals surface area contributed by atoms with Gasteiger partial charge in [0, 0.05) is 35.7 Å². The summed E-state index contributed by atoms with van der Waals surface area (Å²) in [6.07, 6.45) is 3.62. The lowest BCUT2D eigenvalue weighted by atomic mass is 10.2. The Balaban J connectivity index is 1.81. The third-order valence-electron chi connectivity index (χ3n) is 4.03. The average molecular weight is 340 g/mol. The lowest BCUT2D eigenvalue weighted by molar-refractivity contribution is -0.120. The third-order valence-corrected chi connectivity index (χ3v) is 4.27. The minimum atomic E-state index is -0.0691. The Bertz CT molecular complexity index is 936. The molecular formula is C18H14ClN3O2. The van der Waals surface area contributed by atoms with E-state index in [1.807, 2.05) is 53.2 Å². The number of fused-ring (bicyclic) bond motifs is 1. The highest BCUT2D eigenvalue weighted by molar-refractivity contribution is 6.30. The summed E-state index contributed by atoms with van der Waals surface area (Å²) in [6.45, 7) is 0.0711. The van der Waals surface area contributed by atoms with Crippen LogP contribution in [0.4, 0.5) is 5.69 Å². The second-order valence-electron chi connectivity index (χ2n) is 5.52. The van der Waals surface area contributed by atoms with Crippen molar-refractivity contribution >= 4 is 23.2 Å². The van der Waals surface area contributed by atoms with Gasteiger partial charge in [-0.15, -0.1) is 0 Å². The van der Waals surface area contributed by atoms with Crippen molar-refractivity contribution in [3.63, 3.8) is 0 Å². The first-order valence-corrected chi connectivity index (χ1v) is 7.84. The van der Waals surface area contributed by atoms with E-state index >= 15 is 0 Å². The smallest absolute Gasteiger partial charge is 0.264 e. The quantitative estimate of drug-likeness (QED) is 0.717. The molecular weight excluding hydrogens is 326 g/mol. The van der Waals surface area contributed by atoms with E-state index in [2.05, 4.69) is 4.98 Å². The summed E-state index contributed by atoms with van der Waals surface area (Å²) < 4.78 is 7.43. The molecule has 0 saturated heterocycles. The van der Waals surface area contributed by atoms with Crippen LogP contribution in [0.2, 0.25) is 5.02 Å². The lowest BCUT2D eigenvalue weighted by Crippen LogP contribution is -2.35. The fraction of sp³-hybridized carbons (Fsp3) is 0.111. The average Bonchev–Trinajstić information content (AvgIpc) is 3.08. The Morgan fingerprint density at radius 3 is 2.92 bits per heavy atom. The van der Waals surface area contributed by atoms with Gasteiger partial charge >= 0.3 is 0 Å². The van der Waals surface area contributed by atoms with Crippen LogP contribution < -0.4 is 9.64 Å². The zero-order chi connectivity index (χ0) is 16.7. The third kappa shape index (κ3) is 2.43. The molecule has 1 aromatic heterocycles. The van der Waals surface area contributed by atoms with E-state index in [0.717, 1.165) is 22.8 Å². The first kappa shape index (κ1) is 14.8. The van der Waals surface area contributed by atoms with Crippen LogP contribution in [0.3, 0.4) is 0 Å². The number of rotatable bonds is 2. The van der Waals surface area contributed by atoms with Gasteiger partial charge in [0.15, 0.2) is 6.61 Å². The summed E-state index contributed by atoms with van der Waals surface area (Å²) in [7, 11) is 1.75. The van der Waals surface area contributed by atoms with Crippen molar-refractivity contribution < 1.29 is 9.53 Å². The van der Waals surface area contributed by atoms with Gasteiger partial charge in [-0.1, -0.05) is 23.7 Å². The molecule has 0 aliphatic carbocycles. The van der Waals surface area contributed by atoms with Crippen molar-refractivity contribution in [2.75, 3.05) is 18.6 Å².